The molecule has 2 heterocycles. The second-order valence-corrected chi connectivity index (χ2v) is 11.4. The van der Waals surface area contributed by atoms with Gasteiger partial charge in [-0.1, -0.05) is 44.2 Å². The molecular formula is C27H34F2N4O6S. The lowest BCUT2D eigenvalue weighted by molar-refractivity contribution is -0.144. The van der Waals surface area contributed by atoms with E-state index in [9.17, 15) is 28.0 Å². The van der Waals surface area contributed by atoms with Crippen LogP contribution < -0.4 is 16.0 Å². The molecule has 218 valence electrons. The number of aryl methyl sites for hydroxylation is 1. The van der Waals surface area contributed by atoms with Crippen LogP contribution in [0.1, 0.15) is 47.4 Å². The molecule has 2 aromatic rings. The fraction of sp³-hybridized carbons (Fsp3) is 0.519. The molecule has 0 unspecified atom stereocenters. The minimum absolute atomic E-state index is 0.0610. The fourth-order valence-electron chi connectivity index (χ4n) is 3.97. The van der Waals surface area contributed by atoms with Crippen LogP contribution in [0.15, 0.2) is 36.5 Å². The number of nitrogens with zero attached hydrogens (tertiary/aromatic N) is 1. The quantitative estimate of drug-likeness (QED) is 0.275. The molecule has 40 heavy (non-hydrogen) atoms. The molecule has 0 saturated carbocycles. The van der Waals surface area contributed by atoms with Gasteiger partial charge in [0.15, 0.2) is 5.78 Å². The molecule has 4 atom stereocenters. The zero-order valence-electron chi connectivity index (χ0n) is 22.7. The topological polar surface area (TPSA) is 139 Å². The number of hydrogen-bond donors (Lipinski definition) is 3. The molecule has 1 saturated heterocycles. The molecule has 10 nitrogen and oxygen atoms in total. The molecular weight excluding hydrogens is 546 g/mol. The number of alkyl halides is 2. The molecule has 0 radical (unpaired) electrons. The highest BCUT2D eigenvalue weighted by Gasteiger charge is 2.50. The van der Waals surface area contributed by atoms with Gasteiger partial charge in [0.25, 0.3) is 5.91 Å². The number of halogens is 2. The second kappa shape index (κ2) is 13.9. The van der Waals surface area contributed by atoms with Crippen LogP contribution in [0.4, 0.5) is 8.78 Å². The highest BCUT2D eigenvalue weighted by molar-refractivity contribution is 7.13. The Labute approximate surface area is 235 Å². The van der Waals surface area contributed by atoms with E-state index in [1.54, 1.807) is 13.8 Å². The maximum atomic E-state index is 13.4. The normalized spacial score (nSPS) is 18.6. The minimum atomic E-state index is -3.18. The third-order valence-electron chi connectivity index (χ3n) is 6.21. The number of carbonyl (C=O) groups is 4. The van der Waals surface area contributed by atoms with E-state index in [0.29, 0.717) is 5.01 Å². The Morgan fingerprint density at radius 2 is 1.68 bits per heavy atom. The van der Waals surface area contributed by atoms with Crippen molar-refractivity contribution >= 4 is 34.8 Å². The van der Waals surface area contributed by atoms with Crippen molar-refractivity contribution in [3.05, 3.63) is 52.0 Å². The van der Waals surface area contributed by atoms with Gasteiger partial charge in [-0.2, -0.15) is 8.78 Å². The Morgan fingerprint density at radius 3 is 2.23 bits per heavy atom. The Hall–Kier alpha value is -3.29. The van der Waals surface area contributed by atoms with Gasteiger partial charge in [-0.15, -0.1) is 11.3 Å². The molecule has 3 amide bonds. The highest BCUT2D eigenvalue weighted by Crippen LogP contribution is 2.29. The molecule has 13 heteroatoms. The summed E-state index contributed by atoms with van der Waals surface area (Å²) in [5, 5.41) is 8.29. The highest BCUT2D eigenvalue weighted by atomic mass is 32.1. The summed E-state index contributed by atoms with van der Waals surface area (Å²) in [6, 6.07) is 5.56. The first-order valence-corrected chi connectivity index (χ1v) is 13.7. The lowest BCUT2D eigenvalue weighted by Gasteiger charge is -2.26. The minimum Gasteiger partial charge on any atom is -0.361 e. The van der Waals surface area contributed by atoms with E-state index in [2.05, 4.69) is 25.7 Å². The molecule has 1 aromatic carbocycles. The summed E-state index contributed by atoms with van der Waals surface area (Å²) >= 11 is 1.07. The van der Waals surface area contributed by atoms with Gasteiger partial charge < -0.3 is 25.4 Å². The molecule has 0 spiro atoms. The Balaban J connectivity index is 1.76. The number of thiazole rings is 1. The van der Waals surface area contributed by atoms with E-state index < -0.39 is 54.7 Å². The Kier molecular flexibility index (Phi) is 10.8. The zero-order chi connectivity index (χ0) is 29.4. The molecule has 0 bridgehead atoms. The Morgan fingerprint density at radius 1 is 1.05 bits per heavy atom. The SMILES string of the molecule is Cc1ncc(C(=O)N[C@@H](COC(F)F)C(=O)N[C@@H](CC(C)C)C(=O)N[C@@H](Cc2ccccc2)C(=O)[C@@]2(C)CO2)s1. The average Bonchev–Trinajstić information content (AvgIpc) is 3.50. The number of Topliss-reactive ketones (excluding diaryl/α,β-unsaturated/α-hetero) is 1. The van der Waals surface area contributed by atoms with Crippen LogP contribution in [-0.2, 0) is 30.3 Å². The van der Waals surface area contributed by atoms with Gasteiger partial charge in [-0.05, 0) is 38.2 Å². The van der Waals surface area contributed by atoms with E-state index in [1.807, 2.05) is 44.2 Å². The average molecular weight is 581 g/mol. The van der Waals surface area contributed by atoms with Crippen molar-refractivity contribution in [2.24, 2.45) is 5.92 Å². The zero-order valence-corrected chi connectivity index (χ0v) is 23.6. The van der Waals surface area contributed by atoms with Crippen molar-refractivity contribution in [2.45, 2.75) is 70.9 Å². The number of nitrogens with one attached hydrogen (secondary N) is 3. The number of ether oxygens (including phenoxy) is 2. The number of benzene rings is 1. The number of hydrogen-bond acceptors (Lipinski definition) is 8. The van der Waals surface area contributed by atoms with Crippen molar-refractivity contribution < 1.29 is 37.4 Å². The maximum absolute atomic E-state index is 13.4. The van der Waals surface area contributed by atoms with Gasteiger partial charge in [-0.25, -0.2) is 4.98 Å². The van der Waals surface area contributed by atoms with Gasteiger partial charge in [0, 0.05) is 0 Å². The summed E-state index contributed by atoms with van der Waals surface area (Å²) in [4.78, 5) is 56.6. The monoisotopic (exact) mass is 580 g/mol. The third kappa shape index (κ3) is 9.14. The van der Waals surface area contributed by atoms with Crippen molar-refractivity contribution in [2.75, 3.05) is 13.2 Å². The smallest absolute Gasteiger partial charge is 0.345 e. The van der Waals surface area contributed by atoms with Gasteiger partial charge in [0.2, 0.25) is 11.8 Å². The molecule has 3 N–H and O–H groups in total. The van der Waals surface area contributed by atoms with Gasteiger partial charge in [-0.3, -0.25) is 19.2 Å². The van der Waals surface area contributed by atoms with E-state index >= 15 is 0 Å². The number of epoxide rings is 1. The standard InChI is InChI=1S/C27H34F2N4O6S/c1-15(2)10-19(23(35)31-18(22(34)27(4)14-39-27)11-17-8-6-5-7-9-17)32-24(36)20(13-38-26(28)29)33-25(37)21-12-30-16(3)40-21/h5-9,12,15,18-20,26H,10-11,13-14H2,1-4H3,(H,31,35)(H,32,36)(H,33,37)/t18-,19-,20-,27+/m0/s1. The van der Waals surface area contributed by atoms with Crippen LogP contribution in [0, 0.1) is 12.8 Å². The van der Waals surface area contributed by atoms with Crippen molar-refractivity contribution in [1.29, 1.82) is 0 Å². The van der Waals surface area contributed by atoms with Gasteiger partial charge in [0.1, 0.15) is 22.6 Å². The lowest BCUT2D eigenvalue weighted by atomic mass is 9.94. The van der Waals surface area contributed by atoms with E-state index in [-0.39, 0.29) is 36.0 Å². The number of ketones is 1. The van der Waals surface area contributed by atoms with Crippen LogP contribution in [-0.4, -0.2) is 72.0 Å². The first-order valence-electron chi connectivity index (χ1n) is 12.8. The lowest BCUT2D eigenvalue weighted by Crippen LogP contribution is -2.58. The summed E-state index contributed by atoms with van der Waals surface area (Å²) < 4.78 is 35.2. The Bertz CT molecular complexity index is 1190. The summed E-state index contributed by atoms with van der Waals surface area (Å²) in [6.45, 7) is 3.24. The number of amides is 3. The van der Waals surface area contributed by atoms with Crippen LogP contribution in [0.5, 0.6) is 0 Å². The van der Waals surface area contributed by atoms with Crippen LogP contribution in [0.2, 0.25) is 0 Å². The van der Waals surface area contributed by atoms with E-state index in [1.165, 1.54) is 6.20 Å². The molecule has 0 aliphatic carbocycles. The molecule has 1 aliphatic heterocycles. The fourth-order valence-corrected chi connectivity index (χ4v) is 4.65. The first kappa shape index (κ1) is 31.2. The van der Waals surface area contributed by atoms with Crippen molar-refractivity contribution in [3.63, 3.8) is 0 Å². The molecule has 3 rings (SSSR count). The first-order chi connectivity index (χ1) is 18.9. The van der Waals surface area contributed by atoms with E-state index in [0.717, 1.165) is 16.9 Å². The second-order valence-electron chi connectivity index (χ2n) is 10.2. The van der Waals surface area contributed by atoms with Gasteiger partial charge in [0.05, 0.1) is 30.5 Å². The third-order valence-corrected chi connectivity index (χ3v) is 7.12. The number of rotatable bonds is 15. The largest absolute Gasteiger partial charge is 0.361 e. The summed E-state index contributed by atoms with van der Waals surface area (Å²) in [5.41, 5.74) is -0.180. The van der Waals surface area contributed by atoms with Crippen molar-refractivity contribution in [1.82, 2.24) is 20.9 Å². The van der Waals surface area contributed by atoms with Crippen LogP contribution in [0.3, 0.4) is 0 Å². The maximum Gasteiger partial charge on any atom is 0.345 e. The number of carbonyl (C=O) groups excluding carboxylic acids is 4. The summed E-state index contributed by atoms with van der Waals surface area (Å²) in [5.74, 6) is -2.57. The van der Waals surface area contributed by atoms with E-state index in [4.69, 9.17) is 4.74 Å². The molecule has 1 aliphatic rings. The van der Waals surface area contributed by atoms with Crippen molar-refractivity contribution in [3.8, 4) is 0 Å². The molecule has 1 fully saturated rings. The number of aromatic nitrogens is 1. The van der Waals surface area contributed by atoms with Crippen LogP contribution >= 0.6 is 11.3 Å². The summed E-state index contributed by atoms with van der Waals surface area (Å²) in [7, 11) is 0. The van der Waals surface area contributed by atoms with Crippen LogP contribution in [0.25, 0.3) is 0 Å². The van der Waals surface area contributed by atoms with Gasteiger partial charge >= 0.3 is 6.61 Å². The molecule has 1 aromatic heterocycles. The predicted octanol–water partition coefficient (Wildman–Crippen LogP) is 2.41. The summed E-state index contributed by atoms with van der Waals surface area (Å²) in [6.07, 6.45) is 1.70. The predicted molar refractivity (Wildman–Crippen MR) is 143 cm³/mol.